The van der Waals surface area contributed by atoms with E-state index in [4.69, 9.17) is 5.73 Å². The molecule has 0 aromatic rings. The Morgan fingerprint density at radius 1 is 1.38 bits per heavy atom. The summed E-state index contributed by atoms with van der Waals surface area (Å²) < 4.78 is 61.8. The van der Waals surface area contributed by atoms with Crippen LogP contribution in [-0.2, 0) is 14.6 Å². The summed E-state index contributed by atoms with van der Waals surface area (Å²) in [6, 6.07) is 0. The van der Waals surface area contributed by atoms with Gasteiger partial charge in [-0.2, -0.15) is 13.2 Å². The summed E-state index contributed by atoms with van der Waals surface area (Å²) in [6.45, 7) is 0.0187. The molecule has 1 unspecified atom stereocenters. The molecular formula is C8H16F3NO3S. The fourth-order valence-electron chi connectivity index (χ4n) is 0.959. The monoisotopic (exact) mass is 263 g/mol. The molecule has 0 amide bonds. The smallest absolute Gasteiger partial charge is 0.371 e. The third kappa shape index (κ3) is 8.93. The normalized spacial score (nSPS) is 15.1. The molecule has 16 heavy (non-hydrogen) atoms. The molecule has 0 spiro atoms. The first kappa shape index (κ1) is 15.7. The van der Waals surface area contributed by atoms with Crippen molar-refractivity contribution in [3.8, 4) is 0 Å². The summed E-state index contributed by atoms with van der Waals surface area (Å²) in [7, 11) is -3.38. The van der Waals surface area contributed by atoms with E-state index >= 15 is 0 Å². The van der Waals surface area contributed by atoms with Gasteiger partial charge in [0.25, 0.3) is 0 Å². The van der Waals surface area contributed by atoms with E-state index in [0.29, 0.717) is 0 Å². The van der Waals surface area contributed by atoms with Gasteiger partial charge in [-0.15, -0.1) is 0 Å². The predicted molar refractivity (Wildman–Crippen MR) is 53.7 cm³/mol. The van der Waals surface area contributed by atoms with Crippen LogP contribution in [0.4, 0.5) is 13.2 Å². The molecular weight excluding hydrogens is 247 g/mol. The van der Waals surface area contributed by atoms with E-state index in [1.165, 1.54) is 0 Å². The maximum Gasteiger partial charge on any atom is 0.411 e. The number of alkyl halides is 3. The van der Waals surface area contributed by atoms with Crippen LogP contribution in [0.2, 0.25) is 0 Å². The Kier molecular flexibility index (Phi) is 6.27. The minimum atomic E-state index is -4.42. The van der Waals surface area contributed by atoms with E-state index in [2.05, 4.69) is 4.74 Å². The van der Waals surface area contributed by atoms with Gasteiger partial charge in [-0.25, -0.2) is 8.42 Å². The highest BCUT2D eigenvalue weighted by molar-refractivity contribution is 7.91. The maximum absolute atomic E-state index is 11.6. The standard InChI is InChI=1S/C8H16F3NO3S/c1-7(4-12)5-16(13,14)3-2-15-6-8(9,10)11/h7H,2-6,12H2,1H3. The number of ether oxygens (including phenoxy) is 1. The zero-order chi connectivity index (χ0) is 12.8. The third-order valence-corrected chi connectivity index (χ3v) is 3.61. The van der Waals surface area contributed by atoms with Crippen molar-refractivity contribution in [1.82, 2.24) is 0 Å². The molecule has 98 valence electrons. The van der Waals surface area contributed by atoms with Crippen molar-refractivity contribution in [2.24, 2.45) is 11.7 Å². The Bertz CT molecular complexity index is 289. The van der Waals surface area contributed by atoms with E-state index in [1.54, 1.807) is 6.92 Å². The Morgan fingerprint density at radius 3 is 2.38 bits per heavy atom. The average Bonchev–Trinajstić information content (AvgIpc) is 2.10. The first-order valence-corrected chi connectivity index (χ1v) is 6.53. The van der Waals surface area contributed by atoms with Gasteiger partial charge in [0, 0.05) is 0 Å². The lowest BCUT2D eigenvalue weighted by Crippen LogP contribution is -2.26. The van der Waals surface area contributed by atoms with Gasteiger partial charge in [0.05, 0.1) is 18.1 Å². The molecule has 2 N–H and O–H groups in total. The van der Waals surface area contributed by atoms with Crippen LogP contribution in [0, 0.1) is 5.92 Å². The quantitative estimate of drug-likeness (QED) is 0.682. The van der Waals surface area contributed by atoms with Crippen LogP contribution < -0.4 is 5.73 Å². The summed E-state index contributed by atoms with van der Waals surface area (Å²) in [4.78, 5) is 0. The van der Waals surface area contributed by atoms with Crippen molar-refractivity contribution in [1.29, 1.82) is 0 Å². The molecule has 0 bridgehead atoms. The van der Waals surface area contributed by atoms with Gasteiger partial charge in [0.15, 0.2) is 9.84 Å². The largest absolute Gasteiger partial charge is 0.411 e. The molecule has 0 heterocycles. The van der Waals surface area contributed by atoms with Crippen LogP contribution in [-0.4, -0.2) is 45.9 Å². The fourth-order valence-corrected chi connectivity index (χ4v) is 2.50. The average molecular weight is 263 g/mol. The van der Waals surface area contributed by atoms with E-state index in [-0.39, 0.29) is 18.2 Å². The number of hydrogen-bond acceptors (Lipinski definition) is 4. The molecule has 0 aromatic heterocycles. The molecule has 0 saturated heterocycles. The fraction of sp³-hybridized carbons (Fsp3) is 1.00. The first-order chi connectivity index (χ1) is 7.16. The van der Waals surface area contributed by atoms with E-state index in [1.807, 2.05) is 0 Å². The lowest BCUT2D eigenvalue weighted by atomic mass is 10.2. The van der Waals surface area contributed by atoms with Crippen LogP contribution >= 0.6 is 0 Å². The molecule has 0 aliphatic heterocycles. The second kappa shape index (κ2) is 6.41. The summed E-state index contributed by atoms with van der Waals surface area (Å²) in [5.41, 5.74) is 5.25. The number of hydrogen-bond donors (Lipinski definition) is 1. The van der Waals surface area contributed by atoms with Crippen LogP contribution in [0.3, 0.4) is 0 Å². The zero-order valence-corrected chi connectivity index (χ0v) is 9.77. The Hall–Kier alpha value is -0.340. The second-order valence-corrected chi connectivity index (χ2v) is 5.85. The molecule has 0 rings (SSSR count). The summed E-state index contributed by atoms with van der Waals surface area (Å²) >= 11 is 0. The van der Waals surface area contributed by atoms with Gasteiger partial charge >= 0.3 is 6.18 Å². The number of sulfone groups is 1. The number of halogens is 3. The predicted octanol–water partition coefficient (Wildman–Crippen LogP) is 0.575. The highest BCUT2D eigenvalue weighted by atomic mass is 32.2. The van der Waals surface area contributed by atoms with Crippen LogP contribution in [0.1, 0.15) is 6.92 Å². The Morgan fingerprint density at radius 2 is 1.94 bits per heavy atom. The lowest BCUT2D eigenvalue weighted by molar-refractivity contribution is -0.172. The summed E-state index contributed by atoms with van der Waals surface area (Å²) in [5.74, 6) is -0.737. The summed E-state index contributed by atoms with van der Waals surface area (Å²) in [6.07, 6.45) is -4.42. The second-order valence-electron chi connectivity index (χ2n) is 3.62. The van der Waals surface area contributed by atoms with Crippen LogP contribution in [0.25, 0.3) is 0 Å². The molecule has 0 aliphatic carbocycles. The highest BCUT2D eigenvalue weighted by Gasteiger charge is 2.27. The zero-order valence-electron chi connectivity index (χ0n) is 8.96. The van der Waals surface area contributed by atoms with Gasteiger partial charge in [-0.05, 0) is 12.5 Å². The summed E-state index contributed by atoms with van der Waals surface area (Å²) in [5, 5.41) is 0. The minimum Gasteiger partial charge on any atom is -0.371 e. The molecule has 0 aromatic carbocycles. The maximum atomic E-state index is 11.6. The Balaban J connectivity index is 3.84. The molecule has 0 saturated carbocycles. The van der Waals surface area contributed by atoms with Gasteiger partial charge < -0.3 is 10.5 Å². The molecule has 0 radical (unpaired) electrons. The van der Waals surface area contributed by atoms with Crippen molar-refractivity contribution in [3.05, 3.63) is 0 Å². The first-order valence-electron chi connectivity index (χ1n) is 4.71. The molecule has 8 heteroatoms. The molecule has 4 nitrogen and oxygen atoms in total. The van der Waals surface area contributed by atoms with Gasteiger partial charge in [-0.1, -0.05) is 6.92 Å². The van der Waals surface area contributed by atoms with Crippen molar-refractivity contribution in [2.75, 3.05) is 31.3 Å². The number of nitrogens with two attached hydrogens (primary N) is 1. The SMILES string of the molecule is CC(CN)CS(=O)(=O)CCOCC(F)(F)F. The van der Waals surface area contributed by atoms with E-state index in [0.717, 1.165) is 0 Å². The highest BCUT2D eigenvalue weighted by Crippen LogP contribution is 2.14. The molecule has 0 aliphatic rings. The number of rotatable bonds is 7. The van der Waals surface area contributed by atoms with E-state index < -0.39 is 35.0 Å². The topological polar surface area (TPSA) is 69.4 Å². The van der Waals surface area contributed by atoms with Gasteiger partial charge in [0.2, 0.25) is 0 Å². The minimum absolute atomic E-state index is 0.126. The van der Waals surface area contributed by atoms with Gasteiger partial charge in [-0.3, -0.25) is 0 Å². The van der Waals surface area contributed by atoms with Crippen molar-refractivity contribution in [3.63, 3.8) is 0 Å². The van der Waals surface area contributed by atoms with Gasteiger partial charge in [0.1, 0.15) is 6.61 Å². The third-order valence-electron chi connectivity index (χ3n) is 1.75. The molecule has 1 atom stereocenters. The van der Waals surface area contributed by atoms with Crippen molar-refractivity contribution >= 4 is 9.84 Å². The van der Waals surface area contributed by atoms with Crippen molar-refractivity contribution < 1.29 is 26.3 Å². The van der Waals surface area contributed by atoms with Crippen LogP contribution in [0.15, 0.2) is 0 Å². The lowest BCUT2D eigenvalue weighted by Gasteiger charge is -2.10. The van der Waals surface area contributed by atoms with Crippen LogP contribution in [0.5, 0.6) is 0 Å². The van der Waals surface area contributed by atoms with Crippen molar-refractivity contribution in [2.45, 2.75) is 13.1 Å². The van der Waals surface area contributed by atoms with E-state index in [9.17, 15) is 21.6 Å². The molecule has 0 fully saturated rings. The Labute approximate surface area is 92.9 Å².